The van der Waals surface area contributed by atoms with Crippen LogP contribution in [0.3, 0.4) is 0 Å². The van der Waals surface area contributed by atoms with Crippen molar-refractivity contribution in [1.29, 1.82) is 0 Å². The number of carbonyl (C=O) groups excluding carboxylic acids is 2. The average Bonchev–Trinajstić information content (AvgIpc) is 3.02. The van der Waals surface area contributed by atoms with Gasteiger partial charge in [-0.2, -0.15) is 5.10 Å². The van der Waals surface area contributed by atoms with Gasteiger partial charge in [0, 0.05) is 29.4 Å². The minimum atomic E-state index is -0.110. The molecule has 0 aliphatic carbocycles. The Morgan fingerprint density at radius 3 is 2.50 bits per heavy atom. The van der Waals surface area contributed by atoms with Crippen LogP contribution >= 0.6 is 23.2 Å². The van der Waals surface area contributed by atoms with E-state index in [-0.39, 0.29) is 24.2 Å². The van der Waals surface area contributed by atoms with Crippen LogP contribution in [0.15, 0.2) is 42.5 Å². The molecule has 2 N–H and O–H groups in total. The molecule has 2 amide bonds. The van der Waals surface area contributed by atoms with E-state index in [9.17, 15) is 9.59 Å². The van der Waals surface area contributed by atoms with Crippen molar-refractivity contribution >= 4 is 40.7 Å². The average molecular weight is 473 g/mol. The summed E-state index contributed by atoms with van der Waals surface area (Å²) in [5.74, 6) is -0.257. The minimum Gasteiger partial charge on any atom is -0.352 e. The second kappa shape index (κ2) is 10.2. The highest BCUT2D eigenvalue weighted by atomic mass is 35.5. The molecule has 0 bridgehead atoms. The Balaban J connectivity index is 1.66. The Morgan fingerprint density at radius 2 is 1.81 bits per heavy atom. The molecular weight excluding hydrogens is 447 g/mol. The number of amides is 2. The summed E-state index contributed by atoms with van der Waals surface area (Å²) in [7, 11) is 0. The van der Waals surface area contributed by atoms with Gasteiger partial charge >= 0.3 is 0 Å². The van der Waals surface area contributed by atoms with Gasteiger partial charge in [-0.25, -0.2) is 4.68 Å². The summed E-state index contributed by atoms with van der Waals surface area (Å²) in [6.45, 7) is 7.85. The second-order valence-electron chi connectivity index (χ2n) is 7.96. The monoisotopic (exact) mass is 472 g/mol. The number of anilines is 1. The van der Waals surface area contributed by atoms with Crippen molar-refractivity contribution in [1.82, 2.24) is 15.1 Å². The molecule has 0 radical (unpaired) electrons. The van der Waals surface area contributed by atoms with E-state index in [1.54, 1.807) is 16.8 Å². The second-order valence-corrected chi connectivity index (χ2v) is 8.77. The zero-order chi connectivity index (χ0) is 23.4. The molecule has 32 heavy (non-hydrogen) atoms. The Bertz CT molecular complexity index is 1150. The standard InChI is InChI=1S/C24H26Cl2N4O2/c1-14(2)24(32)28-18-7-5-6-17(10-18)13-27-23(31)12-20-15(3)29-30(16(20)4)19-8-9-21(25)22(26)11-19/h5-11,14H,12-13H2,1-4H3,(H,27,31)(H,28,32). The van der Waals surface area contributed by atoms with E-state index in [0.717, 1.165) is 28.2 Å². The quantitative estimate of drug-likeness (QED) is 0.492. The molecule has 3 rings (SSSR count). The predicted molar refractivity (Wildman–Crippen MR) is 129 cm³/mol. The normalized spacial score (nSPS) is 11.0. The first-order valence-electron chi connectivity index (χ1n) is 10.3. The molecule has 168 valence electrons. The summed E-state index contributed by atoms with van der Waals surface area (Å²) in [5.41, 5.74) is 4.92. The Morgan fingerprint density at radius 1 is 1.06 bits per heavy atom. The van der Waals surface area contributed by atoms with Crippen molar-refractivity contribution in [3.8, 4) is 5.69 Å². The Labute approximate surface area is 197 Å². The molecule has 0 unspecified atom stereocenters. The van der Waals surface area contributed by atoms with Crippen LogP contribution in [0.2, 0.25) is 10.0 Å². The van der Waals surface area contributed by atoms with E-state index >= 15 is 0 Å². The van der Waals surface area contributed by atoms with Crippen LogP contribution < -0.4 is 10.6 Å². The highest BCUT2D eigenvalue weighted by molar-refractivity contribution is 6.42. The van der Waals surface area contributed by atoms with Crippen molar-refractivity contribution < 1.29 is 9.59 Å². The smallest absolute Gasteiger partial charge is 0.226 e. The highest BCUT2D eigenvalue weighted by Crippen LogP contribution is 2.26. The van der Waals surface area contributed by atoms with Crippen LogP contribution in [0.25, 0.3) is 5.69 Å². The number of rotatable bonds is 7. The number of aryl methyl sites for hydroxylation is 1. The SMILES string of the molecule is Cc1nn(-c2ccc(Cl)c(Cl)c2)c(C)c1CC(=O)NCc1cccc(NC(=O)C(C)C)c1. The van der Waals surface area contributed by atoms with Crippen molar-refractivity contribution in [2.45, 2.75) is 40.7 Å². The molecule has 0 saturated heterocycles. The van der Waals surface area contributed by atoms with Crippen molar-refractivity contribution in [3.63, 3.8) is 0 Å². The summed E-state index contributed by atoms with van der Waals surface area (Å²) >= 11 is 12.2. The number of nitrogens with one attached hydrogen (secondary N) is 2. The van der Waals surface area contributed by atoms with Crippen molar-refractivity contribution in [2.24, 2.45) is 5.92 Å². The van der Waals surface area contributed by atoms with Gasteiger partial charge in [0.05, 0.1) is 27.8 Å². The van der Waals surface area contributed by atoms with Crippen molar-refractivity contribution in [3.05, 3.63) is 75.0 Å². The third-order valence-corrected chi connectivity index (χ3v) is 5.87. The lowest BCUT2D eigenvalue weighted by Crippen LogP contribution is -2.25. The van der Waals surface area contributed by atoms with E-state index in [2.05, 4.69) is 15.7 Å². The lowest BCUT2D eigenvalue weighted by atomic mass is 10.1. The lowest BCUT2D eigenvalue weighted by Gasteiger charge is -2.10. The number of halogens is 2. The van der Waals surface area contributed by atoms with Crippen molar-refractivity contribution in [2.75, 3.05) is 5.32 Å². The van der Waals surface area contributed by atoms with Crippen LogP contribution in [0.1, 0.15) is 36.4 Å². The van der Waals surface area contributed by atoms with Gasteiger partial charge in [-0.1, -0.05) is 49.2 Å². The van der Waals surface area contributed by atoms with E-state index in [1.165, 1.54) is 0 Å². The van der Waals surface area contributed by atoms with Crippen LogP contribution in [0.4, 0.5) is 5.69 Å². The maximum absolute atomic E-state index is 12.6. The van der Waals surface area contributed by atoms with Gasteiger partial charge in [0.2, 0.25) is 11.8 Å². The third-order valence-electron chi connectivity index (χ3n) is 5.13. The molecule has 1 heterocycles. The first kappa shape index (κ1) is 23.8. The highest BCUT2D eigenvalue weighted by Gasteiger charge is 2.16. The van der Waals surface area contributed by atoms with Gasteiger partial charge in [-0.15, -0.1) is 0 Å². The number of carbonyl (C=O) groups is 2. The van der Waals surface area contributed by atoms with E-state index in [1.807, 2.05) is 58.0 Å². The summed E-state index contributed by atoms with van der Waals surface area (Å²) < 4.78 is 1.76. The zero-order valence-electron chi connectivity index (χ0n) is 18.5. The number of benzene rings is 2. The topological polar surface area (TPSA) is 76.0 Å². The molecule has 0 aliphatic rings. The molecule has 6 nitrogen and oxygen atoms in total. The molecule has 1 aromatic heterocycles. The Hall–Kier alpha value is -2.83. The lowest BCUT2D eigenvalue weighted by molar-refractivity contribution is -0.120. The largest absolute Gasteiger partial charge is 0.352 e. The van der Waals surface area contributed by atoms with Crippen LogP contribution in [0, 0.1) is 19.8 Å². The molecule has 0 spiro atoms. The molecule has 0 saturated carbocycles. The van der Waals surface area contributed by atoms with Gasteiger partial charge in [-0.3, -0.25) is 9.59 Å². The summed E-state index contributed by atoms with van der Waals surface area (Å²) in [4.78, 5) is 24.5. The molecule has 0 atom stereocenters. The number of nitrogens with zero attached hydrogens (tertiary/aromatic N) is 2. The van der Waals surface area contributed by atoms with E-state index in [0.29, 0.717) is 22.3 Å². The summed E-state index contributed by atoms with van der Waals surface area (Å²) in [5, 5.41) is 11.3. The fourth-order valence-corrected chi connectivity index (χ4v) is 3.56. The van der Waals surface area contributed by atoms with Crippen LogP contribution in [-0.2, 0) is 22.6 Å². The van der Waals surface area contributed by atoms with Gasteiger partial charge in [0.15, 0.2) is 0 Å². The Kier molecular flexibility index (Phi) is 7.59. The number of hydrogen-bond donors (Lipinski definition) is 2. The fraction of sp³-hybridized carbons (Fsp3) is 0.292. The molecule has 2 aromatic carbocycles. The van der Waals surface area contributed by atoms with Gasteiger partial charge in [0.25, 0.3) is 0 Å². The van der Waals surface area contributed by atoms with E-state index in [4.69, 9.17) is 23.2 Å². The molecule has 8 heteroatoms. The van der Waals surface area contributed by atoms with Crippen LogP contribution in [-0.4, -0.2) is 21.6 Å². The molecule has 0 aliphatic heterocycles. The van der Waals surface area contributed by atoms with Gasteiger partial charge in [-0.05, 0) is 49.7 Å². The molecule has 0 fully saturated rings. The van der Waals surface area contributed by atoms with Gasteiger partial charge < -0.3 is 10.6 Å². The molecule has 3 aromatic rings. The number of aromatic nitrogens is 2. The van der Waals surface area contributed by atoms with Crippen LogP contribution in [0.5, 0.6) is 0 Å². The van der Waals surface area contributed by atoms with E-state index < -0.39 is 0 Å². The first-order chi connectivity index (χ1) is 15.2. The summed E-state index contributed by atoms with van der Waals surface area (Å²) in [6.07, 6.45) is 0.211. The third kappa shape index (κ3) is 5.69. The maximum atomic E-state index is 12.6. The number of hydrogen-bond acceptors (Lipinski definition) is 3. The predicted octanol–water partition coefficient (Wildman–Crippen LogP) is 5.25. The summed E-state index contributed by atoms with van der Waals surface area (Å²) in [6, 6.07) is 12.8. The maximum Gasteiger partial charge on any atom is 0.226 e. The minimum absolute atomic E-state index is 0.0453. The zero-order valence-corrected chi connectivity index (χ0v) is 20.0. The van der Waals surface area contributed by atoms with Gasteiger partial charge in [0.1, 0.15) is 0 Å². The first-order valence-corrected chi connectivity index (χ1v) is 11.1. The fourth-order valence-electron chi connectivity index (χ4n) is 3.27. The molecular formula is C24H26Cl2N4O2.